The molecule has 1 aliphatic carbocycles. The van der Waals surface area contributed by atoms with E-state index in [-0.39, 0.29) is 0 Å². The summed E-state index contributed by atoms with van der Waals surface area (Å²) in [5.74, 6) is 0.678. The van der Waals surface area contributed by atoms with Crippen LogP contribution >= 0.6 is 23.4 Å². The highest BCUT2D eigenvalue weighted by Crippen LogP contribution is 2.43. The summed E-state index contributed by atoms with van der Waals surface area (Å²) in [5.41, 5.74) is 1.97. The van der Waals surface area contributed by atoms with Crippen LogP contribution in [0.1, 0.15) is 31.2 Å². The van der Waals surface area contributed by atoms with Crippen LogP contribution < -0.4 is 4.74 Å². The fourth-order valence-corrected chi connectivity index (χ4v) is 5.03. The lowest BCUT2D eigenvalue weighted by molar-refractivity contribution is 0.309. The first kappa shape index (κ1) is 16.7. The molecule has 0 amide bonds. The zero-order valence-corrected chi connectivity index (χ0v) is 15.5. The van der Waals surface area contributed by atoms with Gasteiger partial charge in [0.15, 0.2) is 5.75 Å². The Morgan fingerprint density at radius 1 is 1.08 bits per heavy atom. The zero-order chi connectivity index (χ0) is 17.1. The number of nitrogens with zero attached hydrogens (tertiary/aromatic N) is 1. The van der Waals surface area contributed by atoms with Crippen molar-refractivity contribution >= 4 is 34.3 Å². The molecule has 4 heteroatoms. The van der Waals surface area contributed by atoms with Crippen molar-refractivity contribution in [2.24, 2.45) is 0 Å². The lowest BCUT2D eigenvalue weighted by atomic mass is 10.2. The van der Waals surface area contributed by atoms with Gasteiger partial charge in [-0.05, 0) is 30.5 Å². The van der Waals surface area contributed by atoms with Crippen LogP contribution in [0.3, 0.4) is 0 Å². The largest absolute Gasteiger partial charge is 0.485 e. The van der Waals surface area contributed by atoms with E-state index in [2.05, 4.69) is 17.1 Å². The van der Waals surface area contributed by atoms with Gasteiger partial charge >= 0.3 is 0 Å². The van der Waals surface area contributed by atoms with E-state index >= 15 is 0 Å². The highest BCUT2D eigenvalue weighted by molar-refractivity contribution is 8.00. The summed E-state index contributed by atoms with van der Waals surface area (Å²) in [6.07, 6.45) is 7.05. The van der Waals surface area contributed by atoms with E-state index in [1.165, 1.54) is 30.6 Å². The summed E-state index contributed by atoms with van der Waals surface area (Å²) in [4.78, 5) is 5.78. The first-order valence-corrected chi connectivity index (χ1v) is 9.97. The molecule has 0 unspecified atom stereocenters. The highest BCUT2D eigenvalue weighted by atomic mass is 35.5. The molecule has 25 heavy (non-hydrogen) atoms. The van der Waals surface area contributed by atoms with E-state index in [4.69, 9.17) is 16.3 Å². The molecule has 0 radical (unpaired) electrons. The van der Waals surface area contributed by atoms with E-state index in [0.717, 1.165) is 16.5 Å². The SMILES string of the molecule is Clc1cc(SC2CCCC2)c2cccnc2c1OCc1ccccc1. The molecule has 0 atom stereocenters. The summed E-state index contributed by atoms with van der Waals surface area (Å²) >= 11 is 8.52. The second kappa shape index (κ2) is 7.67. The Bertz CT molecular complexity index is 862. The molecule has 0 aliphatic heterocycles. The molecule has 1 aliphatic rings. The minimum Gasteiger partial charge on any atom is -0.485 e. The van der Waals surface area contributed by atoms with E-state index in [0.29, 0.717) is 22.6 Å². The molecule has 1 fully saturated rings. The van der Waals surface area contributed by atoms with E-state index in [9.17, 15) is 0 Å². The molecule has 2 nitrogen and oxygen atoms in total. The van der Waals surface area contributed by atoms with Gasteiger partial charge in [-0.2, -0.15) is 0 Å². The van der Waals surface area contributed by atoms with E-state index < -0.39 is 0 Å². The summed E-state index contributed by atoms with van der Waals surface area (Å²) in [6.45, 7) is 0.487. The second-order valence-corrected chi connectivity index (χ2v) is 8.13. The van der Waals surface area contributed by atoms with Gasteiger partial charge in [-0.15, -0.1) is 11.8 Å². The summed E-state index contributed by atoms with van der Waals surface area (Å²) in [7, 11) is 0. The number of ether oxygens (including phenoxy) is 1. The van der Waals surface area contributed by atoms with Crippen LogP contribution in [-0.4, -0.2) is 10.2 Å². The van der Waals surface area contributed by atoms with Gasteiger partial charge in [0.25, 0.3) is 0 Å². The fraction of sp³-hybridized carbons (Fsp3) is 0.286. The normalized spacial score (nSPS) is 14.9. The molecule has 0 spiro atoms. The molecule has 0 N–H and O–H groups in total. The third-order valence-corrected chi connectivity index (χ3v) is 6.26. The molecule has 0 bridgehead atoms. The number of pyridine rings is 1. The minimum atomic E-state index is 0.487. The molecule has 1 heterocycles. The van der Waals surface area contributed by atoms with Crippen LogP contribution in [0.4, 0.5) is 0 Å². The fourth-order valence-electron chi connectivity index (χ4n) is 3.31. The maximum absolute atomic E-state index is 6.58. The van der Waals surface area contributed by atoms with Gasteiger partial charge in [-0.1, -0.05) is 60.8 Å². The number of aromatic nitrogens is 1. The van der Waals surface area contributed by atoms with Gasteiger partial charge in [0.05, 0.1) is 5.02 Å². The lowest BCUT2D eigenvalue weighted by Crippen LogP contribution is -1.99. The Labute approximate surface area is 157 Å². The molecule has 1 aromatic heterocycles. The van der Waals surface area contributed by atoms with Crippen LogP contribution in [0, 0.1) is 0 Å². The van der Waals surface area contributed by atoms with Gasteiger partial charge in [0.2, 0.25) is 0 Å². The quantitative estimate of drug-likeness (QED) is 0.512. The van der Waals surface area contributed by atoms with E-state index in [1.807, 2.05) is 48.2 Å². The van der Waals surface area contributed by atoms with Gasteiger partial charge < -0.3 is 4.74 Å². The third-order valence-electron chi connectivity index (χ3n) is 4.58. The number of thioether (sulfide) groups is 1. The van der Waals surface area contributed by atoms with Crippen LogP contribution in [0.15, 0.2) is 59.6 Å². The smallest absolute Gasteiger partial charge is 0.164 e. The molecule has 1 saturated carbocycles. The van der Waals surface area contributed by atoms with Crippen molar-refractivity contribution in [1.82, 2.24) is 4.98 Å². The highest BCUT2D eigenvalue weighted by Gasteiger charge is 2.20. The molecular formula is C21H20ClNOS. The van der Waals surface area contributed by atoms with Crippen LogP contribution in [0.25, 0.3) is 10.9 Å². The zero-order valence-electron chi connectivity index (χ0n) is 14.0. The number of halogens is 1. The molecule has 4 rings (SSSR count). The van der Waals surface area contributed by atoms with Gasteiger partial charge in [0.1, 0.15) is 12.1 Å². The Morgan fingerprint density at radius 3 is 2.68 bits per heavy atom. The standard InChI is InChI=1S/C21H20ClNOS/c22-18-13-19(25-16-9-4-5-10-16)17-11-6-12-23-20(17)21(18)24-14-15-7-2-1-3-8-15/h1-3,6-8,11-13,16H,4-5,9-10,14H2. The maximum Gasteiger partial charge on any atom is 0.164 e. The van der Waals surface area contributed by atoms with Crippen LogP contribution in [0.2, 0.25) is 5.02 Å². The monoisotopic (exact) mass is 369 g/mol. The van der Waals surface area contributed by atoms with Crippen molar-refractivity contribution < 1.29 is 4.74 Å². The molecule has 0 saturated heterocycles. The number of hydrogen-bond acceptors (Lipinski definition) is 3. The van der Waals surface area contributed by atoms with Crippen LogP contribution in [0.5, 0.6) is 5.75 Å². The molecule has 3 aromatic rings. The Balaban J connectivity index is 1.66. The molecule has 2 aromatic carbocycles. The Hall–Kier alpha value is -1.71. The van der Waals surface area contributed by atoms with Crippen molar-refractivity contribution in [2.75, 3.05) is 0 Å². The molecular weight excluding hydrogens is 350 g/mol. The summed E-state index contributed by atoms with van der Waals surface area (Å²) < 4.78 is 6.06. The topological polar surface area (TPSA) is 22.1 Å². The maximum atomic E-state index is 6.58. The number of benzene rings is 2. The average Bonchev–Trinajstić information content (AvgIpc) is 3.15. The van der Waals surface area contributed by atoms with Crippen molar-refractivity contribution in [1.29, 1.82) is 0 Å². The van der Waals surface area contributed by atoms with Crippen molar-refractivity contribution in [3.05, 3.63) is 65.3 Å². The Kier molecular flexibility index (Phi) is 5.14. The first-order chi connectivity index (χ1) is 12.3. The van der Waals surface area contributed by atoms with E-state index in [1.54, 1.807) is 6.20 Å². The minimum absolute atomic E-state index is 0.487. The predicted octanol–water partition coefficient (Wildman–Crippen LogP) is 6.50. The first-order valence-electron chi connectivity index (χ1n) is 8.72. The van der Waals surface area contributed by atoms with Gasteiger partial charge in [-0.3, -0.25) is 4.98 Å². The third kappa shape index (κ3) is 3.78. The Morgan fingerprint density at radius 2 is 1.88 bits per heavy atom. The van der Waals surface area contributed by atoms with Crippen molar-refractivity contribution in [3.8, 4) is 5.75 Å². The van der Waals surface area contributed by atoms with Gasteiger partial charge in [-0.25, -0.2) is 0 Å². The van der Waals surface area contributed by atoms with Crippen molar-refractivity contribution in [3.63, 3.8) is 0 Å². The average molecular weight is 370 g/mol. The van der Waals surface area contributed by atoms with Gasteiger partial charge in [0, 0.05) is 21.7 Å². The molecule has 128 valence electrons. The predicted molar refractivity (Wildman–Crippen MR) is 106 cm³/mol. The van der Waals surface area contributed by atoms with Crippen molar-refractivity contribution in [2.45, 2.75) is 42.4 Å². The number of fused-ring (bicyclic) bond motifs is 1. The van der Waals surface area contributed by atoms with Crippen LogP contribution in [-0.2, 0) is 6.61 Å². The second-order valence-electron chi connectivity index (χ2n) is 6.38. The summed E-state index contributed by atoms with van der Waals surface area (Å²) in [6, 6.07) is 16.3. The number of hydrogen-bond donors (Lipinski definition) is 0. The number of rotatable bonds is 5. The lowest BCUT2D eigenvalue weighted by Gasteiger charge is -2.15. The summed E-state index contributed by atoms with van der Waals surface area (Å²) in [5, 5.41) is 2.46.